The van der Waals surface area contributed by atoms with Crippen LogP contribution in [0.15, 0.2) is 23.6 Å². The number of nitrogens with one attached hydrogen (secondary N) is 1. The van der Waals surface area contributed by atoms with Crippen molar-refractivity contribution in [3.63, 3.8) is 0 Å². The lowest BCUT2D eigenvalue weighted by Gasteiger charge is -2.34. The number of hydrogen-bond donors (Lipinski definition) is 1. The van der Waals surface area contributed by atoms with Crippen molar-refractivity contribution in [2.24, 2.45) is 11.3 Å². The predicted molar refractivity (Wildman–Crippen MR) is 105 cm³/mol. The molecule has 3 nitrogen and oxygen atoms in total. The normalized spacial score (nSPS) is 17.1. The van der Waals surface area contributed by atoms with Crippen LogP contribution in [0.25, 0.3) is 0 Å². The smallest absolute Gasteiger partial charge is 0.256 e. The highest BCUT2D eigenvalue weighted by Gasteiger charge is 2.31. The van der Waals surface area contributed by atoms with E-state index in [1.165, 1.54) is 10.4 Å². The largest absolute Gasteiger partial charge is 0.495 e. The zero-order chi connectivity index (χ0) is 18.2. The van der Waals surface area contributed by atoms with E-state index in [0.29, 0.717) is 27.8 Å². The molecule has 0 spiro atoms. The molecule has 1 aromatic carbocycles. The molecule has 0 fully saturated rings. The fourth-order valence-corrected chi connectivity index (χ4v) is 4.80. The third-order valence-corrected chi connectivity index (χ3v) is 6.38. The van der Waals surface area contributed by atoms with Gasteiger partial charge in [0.05, 0.1) is 17.7 Å². The summed E-state index contributed by atoms with van der Waals surface area (Å²) in [6, 6.07) is 5.28. The molecule has 1 aromatic heterocycles. The van der Waals surface area contributed by atoms with Gasteiger partial charge in [-0.2, -0.15) is 0 Å². The summed E-state index contributed by atoms with van der Waals surface area (Å²) in [6.07, 6.45) is 3.19. The van der Waals surface area contributed by atoms with E-state index in [9.17, 15) is 4.79 Å². The first-order valence-electron chi connectivity index (χ1n) is 8.53. The number of hydrogen-bond acceptors (Lipinski definition) is 3. The average Bonchev–Trinajstić information content (AvgIpc) is 2.97. The highest BCUT2D eigenvalue weighted by molar-refractivity contribution is 7.10. The van der Waals surface area contributed by atoms with E-state index in [1.807, 2.05) is 5.38 Å². The molecular formula is C20H24ClNO2S. The maximum Gasteiger partial charge on any atom is 0.256 e. The molecule has 2 aromatic rings. The van der Waals surface area contributed by atoms with Crippen LogP contribution in [0.2, 0.25) is 5.02 Å². The second-order valence-electron chi connectivity index (χ2n) is 7.66. The van der Waals surface area contributed by atoms with Crippen LogP contribution < -0.4 is 10.1 Å². The van der Waals surface area contributed by atoms with Gasteiger partial charge in [-0.25, -0.2) is 0 Å². The van der Waals surface area contributed by atoms with Gasteiger partial charge < -0.3 is 10.1 Å². The minimum absolute atomic E-state index is 0.0621. The molecule has 0 saturated carbocycles. The van der Waals surface area contributed by atoms with E-state index >= 15 is 0 Å². The van der Waals surface area contributed by atoms with E-state index in [-0.39, 0.29) is 5.91 Å². The number of halogens is 1. The minimum atomic E-state index is -0.0621. The van der Waals surface area contributed by atoms with Crippen molar-refractivity contribution in [2.75, 3.05) is 12.4 Å². The fraction of sp³-hybridized carbons (Fsp3) is 0.450. The molecule has 0 aliphatic heterocycles. The van der Waals surface area contributed by atoms with Gasteiger partial charge in [-0.3, -0.25) is 4.79 Å². The SMILES string of the molecule is COc1ccc(NC(=O)c2csc3c2CCC(C(C)(C)C)C3)cc1Cl. The summed E-state index contributed by atoms with van der Waals surface area (Å²) in [6.45, 7) is 6.91. The number of thiophene rings is 1. The number of carbonyl (C=O) groups is 1. The topological polar surface area (TPSA) is 38.3 Å². The third kappa shape index (κ3) is 3.85. The van der Waals surface area contributed by atoms with Gasteiger partial charge in [0.25, 0.3) is 5.91 Å². The molecule has 0 radical (unpaired) electrons. The molecule has 25 heavy (non-hydrogen) atoms. The van der Waals surface area contributed by atoms with Crippen LogP contribution in [0.5, 0.6) is 5.75 Å². The zero-order valence-corrected chi connectivity index (χ0v) is 16.7. The van der Waals surface area contributed by atoms with Crippen molar-refractivity contribution in [3.05, 3.63) is 44.6 Å². The maximum absolute atomic E-state index is 12.7. The number of benzene rings is 1. The fourth-order valence-electron chi connectivity index (χ4n) is 3.38. The average molecular weight is 378 g/mol. The van der Waals surface area contributed by atoms with E-state index < -0.39 is 0 Å². The Morgan fingerprint density at radius 2 is 2.12 bits per heavy atom. The predicted octanol–water partition coefficient (Wildman–Crippen LogP) is 5.81. The number of carbonyl (C=O) groups excluding carboxylic acids is 1. The molecule has 3 rings (SSSR count). The summed E-state index contributed by atoms with van der Waals surface area (Å²) in [7, 11) is 1.57. The van der Waals surface area contributed by atoms with Crippen molar-refractivity contribution >= 4 is 34.5 Å². The van der Waals surface area contributed by atoms with Crippen LogP contribution in [0.1, 0.15) is 48.0 Å². The lowest BCUT2D eigenvalue weighted by atomic mass is 9.72. The summed E-state index contributed by atoms with van der Waals surface area (Å²) < 4.78 is 5.15. The highest BCUT2D eigenvalue weighted by atomic mass is 35.5. The Kier molecular flexibility index (Phi) is 5.12. The minimum Gasteiger partial charge on any atom is -0.495 e. The molecule has 1 atom stereocenters. The molecule has 1 heterocycles. The summed E-state index contributed by atoms with van der Waals surface area (Å²) >= 11 is 7.85. The lowest BCUT2D eigenvalue weighted by molar-refractivity contribution is 0.102. The van der Waals surface area contributed by atoms with Crippen molar-refractivity contribution < 1.29 is 9.53 Å². The van der Waals surface area contributed by atoms with Gasteiger partial charge >= 0.3 is 0 Å². The molecular weight excluding hydrogens is 354 g/mol. The van der Waals surface area contributed by atoms with Crippen LogP contribution in [0, 0.1) is 11.3 Å². The van der Waals surface area contributed by atoms with Gasteiger partial charge in [0, 0.05) is 15.9 Å². The lowest BCUT2D eigenvalue weighted by Crippen LogP contribution is -2.27. The van der Waals surface area contributed by atoms with Gasteiger partial charge in [-0.15, -0.1) is 11.3 Å². The quantitative estimate of drug-likeness (QED) is 0.732. The Bertz CT molecular complexity index is 791. The molecule has 1 amide bonds. The van der Waals surface area contributed by atoms with E-state index in [2.05, 4.69) is 26.1 Å². The Hall–Kier alpha value is -1.52. The Morgan fingerprint density at radius 1 is 1.36 bits per heavy atom. The zero-order valence-electron chi connectivity index (χ0n) is 15.1. The monoisotopic (exact) mass is 377 g/mol. The van der Waals surface area contributed by atoms with E-state index in [0.717, 1.165) is 24.8 Å². The van der Waals surface area contributed by atoms with Crippen LogP contribution in [-0.2, 0) is 12.8 Å². The molecule has 1 aliphatic rings. The van der Waals surface area contributed by atoms with Gasteiger partial charge in [0.1, 0.15) is 5.75 Å². The maximum atomic E-state index is 12.7. The van der Waals surface area contributed by atoms with E-state index in [4.69, 9.17) is 16.3 Å². The van der Waals surface area contributed by atoms with Crippen molar-refractivity contribution in [1.82, 2.24) is 0 Å². The summed E-state index contributed by atoms with van der Waals surface area (Å²) in [5.41, 5.74) is 3.02. The number of fused-ring (bicyclic) bond motifs is 1. The molecule has 134 valence electrons. The second kappa shape index (κ2) is 7.00. The van der Waals surface area contributed by atoms with Gasteiger partial charge in [-0.05, 0) is 54.4 Å². The first kappa shape index (κ1) is 18.3. The number of rotatable bonds is 3. The summed E-state index contributed by atoms with van der Waals surface area (Å²) in [4.78, 5) is 14.1. The van der Waals surface area contributed by atoms with Crippen LogP contribution in [0.4, 0.5) is 5.69 Å². The van der Waals surface area contributed by atoms with Gasteiger partial charge in [0.15, 0.2) is 0 Å². The van der Waals surface area contributed by atoms with Crippen LogP contribution in [0.3, 0.4) is 0 Å². The number of anilines is 1. The van der Waals surface area contributed by atoms with E-state index in [1.54, 1.807) is 36.6 Å². The molecule has 5 heteroatoms. The Morgan fingerprint density at radius 3 is 2.76 bits per heavy atom. The molecule has 1 aliphatic carbocycles. The molecule has 1 N–H and O–H groups in total. The highest BCUT2D eigenvalue weighted by Crippen LogP contribution is 2.40. The van der Waals surface area contributed by atoms with Crippen molar-refractivity contribution in [1.29, 1.82) is 0 Å². The van der Waals surface area contributed by atoms with Crippen LogP contribution >= 0.6 is 22.9 Å². The number of methoxy groups -OCH3 is 1. The molecule has 1 unspecified atom stereocenters. The van der Waals surface area contributed by atoms with Gasteiger partial charge in [0.2, 0.25) is 0 Å². The van der Waals surface area contributed by atoms with Gasteiger partial charge in [-0.1, -0.05) is 32.4 Å². The Labute approximate surface area is 158 Å². The standard InChI is InChI=1S/C20H24ClNO2S/c1-20(2,3)12-5-7-14-15(11-25-18(14)9-12)19(23)22-13-6-8-17(24-4)16(21)10-13/h6,8,10-12H,5,7,9H2,1-4H3,(H,22,23). The van der Waals surface area contributed by atoms with Crippen LogP contribution in [-0.4, -0.2) is 13.0 Å². The van der Waals surface area contributed by atoms with Crippen molar-refractivity contribution in [3.8, 4) is 5.75 Å². The Balaban J connectivity index is 1.77. The molecule has 0 bridgehead atoms. The second-order valence-corrected chi connectivity index (χ2v) is 9.03. The number of amides is 1. The summed E-state index contributed by atoms with van der Waals surface area (Å²) in [5.74, 6) is 1.21. The third-order valence-electron chi connectivity index (χ3n) is 5.03. The summed E-state index contributed by atoms with van der Waals surface area (Å²) in [5, 5.41) is 5.44. The molecule has 0 saturated heterocycles. The van der Waals surface area contributed by atoms with Crippen molar-refractivity contribution in [2.45, 2.75) is 40.0 Å². The number of ether oxygens (including phenoxy) is 1. The first-order valence-corrected chi connectivity index (χ1v) is 9.79. The first-order chi connectivity index (χ1) is 11.8.